The minimum absolute atomic E-state index is 0.646. The number of nitrogens with zero attached hydrogens (tertiary/aromatic N) is 2. The molecule has 2 rings (SSSR count). The van der Waals surface area contributed by atoms with Gasteiger partial charge in [-0.3, -0.25) is 0 Å². The fourth-order valence-corrected chi connectivity index (χ4v) is 2.95. The summed E-state index contributed by atoms with van der Waals surface area (Å²) in [7, 11) is 0. The van der Waals surface area contributed by atoms with Crippen molar-refractivity contribution in [3.8, 4) is 0 Å². The van der Waals surface area contributed by atoms with Gasteiger partial charge in [-0.15, -0.1) is 0 Å². The molecule has 0 aromatic rings. The van der Waals surface area contributed by atoms with E-state index in [2.05, 4.69) is 16.7 Å². The van der Waals surface area contributed by atoms with Crippen LogP contribution in [0.2, 0.25) is 0 Å². The third-order valence-corrected chi connectivity index (χ3v) is 4.39. The molecule has 0 spiro atoms. The van der Waals surface area contributed by atoms with Gasteiger partial charge in [-0.05, 0) is 50.7 Å². The molecule has 1 aliphatic heterocycles. The van der Waals surface area contributed by atoms with Crippen LogP contribution in [0.25, 0.3) is 0 Å². The van der Waals surface area contributed by atoms with Gasteiger partial charge in [0.25, 0.3) is 0 Å². The maximum absolute atomic E-state index is 5.71. The van der Waals surface area contributed by atoms with Gasteiger partial charge in [0.05, 0.1) is 0 Å². The Kier molecular flexibility index (Phi) is 5.26. The highest BCUT2D eigenvalue weighted by Gasteiger charge is 2.22. The zero-order chi connectivity index (χ0) is 12.1. The summed E-state index contributed by atoms with van der Waals surface area (Å²) < 4.78 is 0. The molecule has 1 heterocycles. The van der Waals surface area contributed by atoms with Gasteiger partial charge in [0.2, 0.25) is 0 Å². The van der Waals surface area contributed by atoms with E-state index in [1.54, 1.807) is 0 Å². The molecule has 3 nitrogen and oxygen atoms in total. The molecule has 1 saturated carbocycles. The Morgan fingerprint density at radius 3 is 2.41 bits per heavy atom. The molecule has 1 saturated heterocycles. The topological polar surface area (TPSA) is 32.5 Å². The van der Waals surface area contributed by atoms with Crippen LogP contribution in [0, 0.1) is 11.8 Å². The Bertz CT molecular complexity index is 201. The Morgan fingerprint density at radius 2 is 1.76 bits per heavy atom. The predicted octanol–water partition coefficient (Wildman–Crippen LogP) is 1.39. The van der Waals surface area contributed by atoms with Gasteiger partial charge in [-0.1, -0.05) is 13.3 Å². The minimum atomic E-state index is 0.646. The molecule has 0 aromatic heterocycles. The van der Waals surface area contributed by atoms with Crippen LogP contribution in [-0.2, 0) is 0 Å². The summed E-state index contributed by atoms with van der Waals surface area (Å²) in [6.07, 6.45) is 5.76. The van der Waals surface area contributed by atoms with Crippen molar-refractivity contribution in [1.29, 1.82) is 0 Å². The molecular weight excluding hydrogens is 210 g/mol. The summed E-state index contributed by atoms with van der Waals surface area (Å²) in [6, 6.07) is 0. The Labute approximate surface area is 106 Å². The zero-order valence-electron chi connectivity index (χ0n) is 11.4. The van der Waals surface area contributed by atoms with Gasteiger partial charge in [-0.2, -0.15) is 0 Å². The van der Waals surface area contributed by atoms with Gasteiger partial charge >= 0.3 is 0 Å². The molecule has 0 amide bonds. The van der Waals surface area contributed by atoms with Gasteiger partial charge in [0, 0.05) is 26.2 Å². The van der Waals surface area contributed by atoms with E-state index < -0.39 is 0 Å². The van der Waals surface area contributed by atoms with Crippen molar-refractivity contribution in [2.75, 3.05) is 45.8 Å². The third kappa shape index (κ3) is 4.23. The Hall–Kier alpha value is -0.120. The largest absolute Gasteiger partial charge is 0.330 e. The van der Waals surface area contributed by atoms with Crippen LogP contribution in [0.3, 0.4) is 0 Å². The standard InChI is InChI=1S/C14H29N3/c1-13(10-15)11-16-6-3-7-17(9-8-16)12-14-4-2-5-14/h13-14H,2-12,15H2,1H3. The van der Waals surface area contributed by atoms with Gasteiger partial charge in [0.1, 0.15) is 0 Å². The highest BCUT2D eigenvalue weighted by molar-refractivity contribution is 4.77. The van der Waals surface area contributed by atoms with E-state index in [1.807, 2.05) is 0 Å². The average Bonchev–Trinajstić information content (AvgIpc) is 2.49. The molecular formula is C14H29N3. The number of hydrogen-bond acceptors (Lipinski definition) is 3. The number of rotatable bonds is 5. The summed E-state index contributed by atoms with van der Waals surface area (Å²) in [5.74, 6) is 1.66. The fraction of sp³-hybridized carbons (Fsp3) is 1.00. The molecule has 2 aliphatic rings. The summed E-state index contributed by atoms with van der Waals surface area (Å²) in [5.41, 5.74) is 5.71. The van der Waals surface area contributed by atoms with Gasteiger partial charge in [0.15, 0.2) is 0 Å². The van der Waals surface area contributed by atoms with Crippen LogP contribution in [0.4, 0.5) is 0 Å². The first-order valence-corrected chi connectivity index (χ1v) is 7.42. The number of hydrogen-bond donors (Lipinski definition) is 1. The van der Waals surface area contributed by atoms with Crippen LogP contribution >= 0.6 is 0 Å². The van der Waals surface area contributed by atoms with Crippen LogP contribution in [0.5, 0.6) is 0 Å². The minimum Gasteiger partial charge on any atom is -0.330 e. The van der Waals surface area contributed by atoms with Gasteiger partial charge in [-0.25, -0.2) is 0 Å². The first kappa shape index (κ1) is 13.3. The van der Waals surface area contributed by atoms with E-state index in [-0.39, 0.29) is 0 Å². The van der Waals surface area contributed by atoms with Crippen molar-refractivity contribution < 1.29 is 0 Å². The second-order valence-corrected chi connectivity index (χ2v) is 6.09. The van der Waals surface area contributed by atoms with Crippen molar-refractivity contribution in [3.05, 3.63) is 0 Å². The van der Waals surface area contributed by atoms with E-state index in [1.165, 1.54) is 65.0 Å². The molecule has 0 bridgehead atoms. The van der Waals surface area contributed by atoms with Crippen molar-refractivity contribution in [3.63, 3.8) is 0 Å². The SMILES string of the molecule is CC(CN)CN1CCCN(CC2CCC2)CC1. The second-order valence-electron chi connectivity index (χ2n) is 6.09. The van der Waals surface area contributed by atoms with E-state index >= 15 is 0 Å². The molecule has 0 aromatic carbocycles. The van der Waals surface area contributed by atoms with E-state index in [0.29, 0.717) is 5.92 Å². The summed E-state index contributed by atoms with van der Waals surface area (Å²) in [5, 5.41) is 0. The van der Waals surface area contributed by atoms with Crippen molar-refractivity contribution >= 4 is 0 Å². The molecule has 1 unspecified atom stereocenters. The lowest BCUT2D eigenvalue weighted by atomic mass is 9.85. The van der Waals surface area contributed by atoms with Crippen LogP contribution in [0.1, 0.15) is 32.6 Å². The Morgan fingerprint density at radius 1 is 1.06 bits per heavy atom. The lowest BCUT2D eigenvalue weighted by Crippen LogP contribution is -2.37. The van der Waals surface area contributed by atoms with Crippen LogP contribution in [0.15, 0.2) is 0 Å². The first-order valence-electron chi connectivity index (χ1n) is 7.42. The van der Waals surface area contributed by atoms with E-state index in [0.717, 1.165) is 12.5 Å². The maximum atomic E-state index is 5.71. The monoisotopic (exact) mass is 239 g/mol. The average molecular weight is 239 g/mol. The molecule has 0 radical (unpaired) electrons. The molecule has 100 valence electrons. The first-order chi connectivity index (χ1) is 8.28. The Balaban J connectivity index is 1.68. The predicted molar refractivity (Wildman–Crippen MR) is 73.1 cm³/mol. The lowest BCUT2D eigenvalue weighted by Gasteiger charge is -2.31. The third-order valence-electron chi connectivity index (χ3n) is 4.39. The molecule has 2 N–H and O–H groups in total. The summed E-state index contributed by atoms with van der Waals surface area (Å²) in [6.45, 7) is 10.7. The highest BCUT2D eigenvalue weighted by Crippen LogP contribution is 2.27. The quantitative estimate of drug-likeness (QED) is 0.787. The molecule has 1 atom stereocenters. The molecule has 1 aliphatic carbocycles. The van der Waals surface area contributed by atoms with Crippen molar-refractivity contribution in [2.45, 2.75) is 32.6 Å². The molecule has 17 heavy (non-hydrogen) atoms. The van der Waals surface area contributed by atoms with E-state index in [9.17, 15) is 0 Å². The summed E-state index contributed by atoms with van der Waals surface area (Å²) in [4.78, 5) is 5.30. The second kappa shape index (κ2) is 6.72. The van der Waals surface area contributed by atoms with E-state index in [4.69, 9.17) is 5.73 Å². The zero-order valence-corrected chi connectivity index (χ0v) is 11.4. The van der Waals surface area contributed by atoms with Crippen LogP contribution in [-0.4, -0.2) is 55.6 Å². The van der Waals surface area contributed by atoms with Crippen molar-refractivity contribution in [1.82, 2.24) is 9.80 Å². The van der Waals surface area contributed by atoms with Crippen LogP contribution < -0.4 is 5.73 Å². The maximum Gasteiger partial charge on any atom is 0.0109 e. The molecule has 3 heteroatoms. The normalized spacial score (nSPS) is 26.5. The summed E-state index contributed by atoms with van der Waals surface area (Å²) >= 11 is 0. The van der Waals surface area contributed by atoms with Crippen molar-refractivity contribution in [2.24, 2.45) is 17.6 Å². The fourth-order valence-electron chi connectivity index (χ4n) is 2.95. The van der Waals surface area contributed by atoms with Gasteiger partial charge < -0.3 is 15.5 Å². The smallest absolute Gasteiger partial charge is 0.0109 e. The lowest BCUT2D eigenvalue weighted by molar-refractivity contribution is 0.177. The molecule has 2 fully saturated rings. The number of nitrogens with two attached hydrogens (primary N) is 1. The highest BCUT2D eigenvalue weighted by atomic mass is 15.2.